The van der Waals surface area contributed by atoms with Crippen molar-refractivity contribution < 1.29 is 14.7 Å². The van der Waals surface area contributed by atoms with Crippen LogP contribution in [0.3, 0.4) is 0 Å². The topological polar surface area (TPSA) is 57.6 Å². The van der Waals surface area contributed by atoms with Gasteiger partial charge >= 0.3 is 5.97 Å². The molecule has 1 amide bonds. The maximum absolute atomic E-state index is 12.8. The lowest BCUT2D eigenvalue weighted by Crippen LogP contribution is -2.45. The van der Waals surface area contributed by atoms with Crippen LogP contribution >= 0.6 is 0 Å². The average Bonchev–Trinajstić information content (AvgIpc) is 2.94. The quantitative estimate of drug-likeness (QED) is 0.908. The van der Waals surface area contributed by atoms with Crippen molar-refractivity contribution in [3.05, 3.63) is 34.9 Å². The second-order valence-corrected chi connectivity index (χ2v) is 6.38. The fourth-order valence-electron chi connectivity index (χ4n) is 3.69. The zero-order valence-corrected chi connectivity index (χ0v) is 12.3. The summed E-state index contributed by atoms with van der Waals surface area (Å²) < 4.78 is 0. The first-order valence-electron chi connectivity index (χ1n) is 7.69. The van der Waals surface area contributed by atoms with Crippen molar-refractivity contribution >= 4 is 11.9 Å². The van der Waals surface area contributed by atoms with Gasteiger partial charge in [-0.05, 0) is 48.8 Å². The van der Waals surface area contributed by atoms with Crippen LogP contribution in [0.2, 0.25) is 0 Å². The van der Waals surface area contributed by atoms with Gasteiger partial charge in [-0.1, -0.05) is 19.1 Å². The van der Waals surface area contributed by atoms with Gasteiger partial charge in [0.2, 0.25) is 0 Å². The molecule has 112 valence electrons. The van der Waals surface area contributed by atoms with Crippen LogP contribution in [0.4, 0.5) is 0 Å². The van der Waals surface area contributed by atoms with E-state index in [1.165, 1.54) is 11.1 Å². The molecule has 1 aliphatic heterocycles. The lowest BCUT2D eigenvalue weighted by Gasteiger charge is -2.35. The third-order valence-corrected chi connectivity index (χ3v) is 4.67. The van der Waals surface area contributed by atoms with Crippen LogP contribution in [0.5, 0.6) is 0 Å². The summed E-state index contributed by atoms with van der Waals surface area (Å²) in [7, 11) is 0. The van der Waals surface area contributed by atoms with E-state index in [0.717, 1.165) is 24.8 Å². The predicted molar refractivity (Wildman–Crippen MR) is 79.3 cm³/mol. The van der Waals surface area contributed by atoms with Crippen LogP contribution in [0.15, 0.2) is 18.2 Å². The summed E-state index contributed by atoms with van der Waals surface area (Å²) in [5, 5.41) is 9.24. The molecule has 0 bridgehead atoms. The molecule has 0 saturated carbocycles. The van der Waals surface area contributed by atoms with E-state index < -0.39 is 11.9 Å². The van der Waals surface area contributed by atoms with Crippen molar-refractivity contribution in [3.63, 3.8) is 0 Å². The first-order valence-corrected chi connectivity index (χ1v) is 7.69. The molecule has 1 aliphatic carbocycles. The Labute approximate surface area is 124 Å². The van der Waals surface area contributed by atoms with Gasteiger partial charge in [-0.3, -0.25) is 9.59 Å². The van der Waals surface area contributed by atoms with Crippen LogP contribution in [0.25, 0.3) is 0 Å². The summed E-state index contributed by atoms with van der Waals surface area (Å²) in [4.78, 5) is 25.8. The highest BCUT2D eigenvalue weighted by molar-refractivity contribution is 5.96. The molecule has 3 rings (SSSR count). The standard InChI is InChI=1S/C17H21NO3/c1-11-8-13(17(20)21)10-18(9-11)16(19)15-7-3-5-12-4-2-6-14(12)15/h3,5,7,11,13H,2,4,6,8-10H2,1H3,(H,20,21). The smallest absolute Gasteiger partial charge is 0.308 e. The maximum atomic E-state index is 12.8. The second-order valence-electron chi connectivity index (χ2n) is 6.38. The fraction of sp³-hybridized carbons (Fsp3) is 0.529. The van der Waals surface area contributed by atoms with Gasteiger partial charge in [0.1, 0.15) is 0 Å². The number of amides is 1. The van der Waals surface area contributed by atoms with Gasteiger partial charge in [0, 0.05) is 18.7 Å². The molecule has 21 heavy (non-hydrogen) atoms. The van der Waals surface area contributed by atoms with Crippen LogP contribution in [-0.2, 0) is 17.6 Å². The van der Waals surface area contributed by atoms with Crippen molar-refractivity contribution in [1.82, 2.24) is 4.90 Å². The average molecular weight is 287 g/mol. The van der Waals surface area contributed by atoms with E-state index in [9.17, 15) is 14.7 Å². The molecule has 0 radical (unpaired) electrons. The second kappa shape index (κ2) is 5.51. The number of hydrogen-bond donors (Lipinski definition) is 1. The van der Waals surface area contributed by atoms with E-state index in [-0.39, 0.29) is 11.8 Å². The third-order valence-electron chi connectivity index (χ3n) is 4.67. The van der Waals surface area contributed by atoms with E-state index in [0.29, 0.717) is 19.5 Å². The number of rotatable bonds is 2. The van der Waals surface area contributed by atoms with Gasteiger partial charge in [0.25, 0.3) is 5.91 Å². The summed E-state index contributed by atoms with van der Waals surface area (Å²) >= 11 is 0. The third kappa shape index (κ3) is 2.67. The number of carboxylic acids is 1. The Hall–Kier alpha value is -1.84. The molecule has 4 heteroatoms. The minimum absolute atomic E-state index is 0.00606. The van der Waals surface area contributed by atoms with Crippen molar-refractivity contribution in [2.75, 3.05) is 13.1 Å². The highest BCUT2D eigenvalue weighted by Gasteiger charge is 2.33. The Kier molecular flexibility index (Phi) is 3.70. The Morgan fingerprint density at radius 1 is 1.24 bits per heavy atom. The molecule has 4 nitrogen and oxygen atoms in total. The van der Waals surface area contributed by atoms with Crippen LogP contribution < -0.4 is 0 Å². The van der Waals surface area contributed by atoms with Gasteiger partial charge in [0.15, 0.2) is 0 Å². The Bertz CT molecular complexity index is 581. The van der Waals surface area contributed by atoms with Crippen LogP contribution in [-0.4, -0.2) is 35.0 Å². The summed E-state index contributed by atoms with van der Waals surface area (Å²) in [5.74, 6) is -0.987. The molecular weight excluding hydrogens is 266 g/mol. The molecule has 1 aromatic rings. The molecule has 1 aromatic carbocycles. The van der Waals surface area contributed by atoms with Crippen molar-refractivity contribution in [2.24, 2.45) is 11.8 Å². The van der Waals surface area contributed by atoms with E-state index in [1.54, 1.807) is 4.90 Å². The van der Waals surface area contributed by atoms with E-state index in [2.05, 4.69) is 6.07 Å². The van der Waals surface area contributed by atoms with Crippen molar-refractivity contribution in [1.29, 1.82) is 0 Å². The molecular formula is C17H21NO3. The largest absolute Gasteiger partial charge is 0.481 e. The zero-order valence-electron chi connectivity index (χ0n) is 12.3. The van der Waals surface area contributed by atoms with E-state index in [1.807, 2.05) is 19.1 Å². The summed E-state index contributed by atoms with van der Waals surface area (Å²) in [6.07, 6.45) is 3.77. The van der Waals surface area contributed by atoms with Gasteiger partial charge in [-0.15, -0.1) is 0 Å². The normalized spacial score (nSPS) is 24.7. The molecule has 2 unspecified atom stereocenters. The van der Waals surface area contributed by atoms with E-state index >= 15 is 0 Å². The van der Waals surface area contributed by atoms with Crippen LogP contribution in [0, 0.1) is 11.8 Å². The number of hydrogen-bond acceptors (Lipinski definition) is 2. The number of piperidine rings is 1. The number of carbonyl (C=O) groups excluding carboxylic acids is 1. The summed E-state index contributed by atoms with van der Waals surface area (Å²) in [6, 6.07) is 5.93. The molecule has 1 N–H and O–H groups in total. The number of aryl methyl sites for hydroxylation is 1. The SMILES string of the molecule is CC1CC(C(=O)O)CN(C(=O)c2cccc3c2CCC3)C1. The Morgan fingerprint density at radius 3 is 2.81 bits per heavy atom. The zero-order chi connectivity index (χ0) is 15.0. The molecule has 1 heterocycles. The number of carboxylic acid groups (broad SMARTS) is 1. The predicted octanol–water partition coefficient (Wildman–Crippen LogP) is 2.36. The number of nitrogens with zero attached hydrogens (tertiary/aromatic N) is 1. The summed E-state index contributed by atoms with van der Waals surface area (Å²) in [6.45, 7) is 3.01. The Morgan fingerprint density at radius 2 is 2.05 bits per heavy atom. The molecule has 2 atom stereocenters. The van der Waals surface area contributed by atoms with Crippen LogP contribution in [0.1, 0.15) is 41.3 Å². The number of aliphatic carboxylic acids is 1. The summed E-state index contributed by atoms with van der Waals surface area (Å²) in [5.41, 5.74) is 3.23. The van der Waals surface area contributed by atoms with E-state index in [4.69, 9.17) is 0 Å². The minimum atomic E-state index is -0.794. The lowest BCUT2D eigenvalue weighted by atomic mass is 9.89. The van der Waals surface area contributed by atoms with Gasteiger partial charge in [-0.25, -0.2) is 0 Å². The van der Waals surface area contributed by atoms with Crippen molar-refractivity contribution in [3.8, 4) is 0 Å². The number of likely N-dealkylation sites (tertiary alicyclic amines) is 1. The molecule has 1 fully saturated rings. The highest BCUT2D eigenvalue weighted by atomic mass is 16.4. The Balaban J connectivity index is 1.85. The fourth-order valence-corrected chi connectivity index (χ4v) is 3.69. The lowest BCUT2D eigenvalue weighted by molar-refractivity contribution is -0.143. The first kappa shape index (κ1) is 14.1. The molecule has 2 aliphatic rings. The minimum Gasteiger partial charge on any atom is -0.481 e. The van der Waals surface area contributed by atoms with Gasteiger partial charge in [0.05, 0.1) is 5.92 Å². The monoisotopic (exact) mass is 287 g/mol. The maximum Gasteiger partial charge on any atom is 0.308 e. The van der Waals surface area contributed by atoms with Crippen molar-refractivity contribution in [2.45, 2.75) is 32.6 Å². The number of fused-ring (bicyclic) bond motifs is 1. The van der Waals surface area contributed by atoms with Gasteiger partial charge < -0.3 is 10.0 Å². The molecule has 0 aromatic heterocycles. The number of carbonyl (C=O) groups is 2. The molecule has 1 saturated heterocycles. The highest BCUT2D eigenvalue weighted by Crippen LogP contribution is 2.28. The number of benzene rings is 1. The molecule has 0 spiro atoms. The van der Waals surface area contributed by atoms with Gasteiger partial charge in [-0.2, -0.15) is 0 Å². The first-order chi connectivity index (χ1) is 10.1.